The van der Waals surface area contributed by atoms with Crippen LogP contribution in [0.2, 0.25) is 0 Å². The first-order chi connectivity index (χ1) is 13.2. The number of rotatable bonds is 9. The molecule has 3 aromatic rings. The first-order valence-corrected chi connectivity index (χ1v) is 9.44. The summed E-state index contributed by atoms with van der Waals surface area (Å²) in [6.45, 7) is 1.97. The van der Waals surface area contributed by atoms with E-state index in [4.69, 9.17) is 0 Å². The van der Waals surface area contributed by atoms with E-state index >= 15 is 0 Å². The Hall–Kier alpha value is -2.46. The second kappa shape index (κ2) is 10.0. The van der Waals surface area contributed by atoms with Crippen molar-refractivity contribution in [1.82, 2.24) is 4.90 Å². The van der Waals surface area contributed by atoms with Gasteiger partial charge in [0.05, 0.1) is 12.2 Å². The summed E-state index contributed by atoms with van der Waals surface area (Å²) in [5.41, 5.74) is 3.05. The summed E-state index contributed by atoms with van der Waals surface area (Å²) < 4.78 is 0. The highest BCUT2D eigenvalue weighted by atomic mass is 16.3. The second-order valence-electron chi connectivity index (χ2n) is 6.86. The lowest BCUT2D eigenvalue weighted by Gasteiger charge is -2.26. The topological polar surface area (TPSA) is 43.7 Å². The third kappa shape index (κ3) is 6.04. The van der Waals surface area contributed by atoms with Gasteiger partial charge in [-0.1, -0.05) is 91.0 Å². The highest BCUT2D eigenvalue weighted by Crippen LogP contribution is 2.20. The molecule has 3 rings (SSSR count). The third-order valence-corrected chi connectivity index (χ3v) is 4.77. The number of hydrogen-bond acceptors (Lipinski definition) is 3. The van der Waals surface area contributed by atoms with Crippen LogP contribution < -0.4 is 0 Å². The maximum absolute atomic E-state index is 10.6. The molecule has 3 heteroatoms. The standard InChI is InChI=1S/C24H27NO2/c26-23(21-12-6-2-7-13-21)16-17-25(18-20-10-4-1-5-11-20)19-24(27)22-14-8-3-9-15-22/h1-15,23-24,26-27H,16-19H2/t23-,24+/m0/s1. The van der Waals surface area contributed by atoms with Crippen LogP contribution in [-0.4, -0.2) is 28.2 Å². The van der Waals surface area contributed by atoms with E-state index in [-0.39, 0.29) is 0 Å². The molecule has 0 spiro atoms. The first kappa shape index (κ1) is 19.3. The van der Waals surface area contributed by atoms with Crippen LogP contribution in [0.5, 0.6) is 0 Å². The van der Waals surface area contributed by atoms with Gasteiger partial charge in [0.25, 0.3) is 0 Å². The van der Waals surface area contributed by atoms with Crippen molar-refractivity contribution >= 4 is 0 Å². The lowest BCUT2D eigenvalue weighted by molar-refractivity contribution is 0.0898. The molecular formula is C24H27NO2. The number of hydrogen-bond donors (Lipinski definition) is 2. The predicted molar refractivity (Wildman–Crippen MR) is 109 cm³/mol. The molecule has 0 saturated heterocycles. The molecular weight excluding hydrogens is 334 g/mol. The Morgan fingerprint density at radius 3 is 1.67 bits per heavy atom. The minimum absolute atomic E-state index is 0.502. The van der Waals surface area contributed by atoms with Crippen molar-refractivity contribution in [2.75, 3.05) is 13.1 Å². The Balaban J connectivity index is 1.65. The zero-order valence-corrected chi connectivity index (χ0v) is 15.5. The number of aliphatic hydroxyl groups is 2. The molecule has 0 aliphatic heterocycles. The van der Waals surface area contributed by atoms with Gasteiger partial charge in [0.15, 0.2) is 0 Å². The summed E-state index contributed by atoms with van der Waals surface area (Å²) in [7, 11) is 0. The fourth-order valence-corrected chi connectivity index (χ4v) is 3.25. The molecule has 3 nitrogen and oxygen atoms in total. The van der Waals surface area contributed by atoms with Gasteiger partial charge in [-0.2, -0.15) is 0 Å². The molecule has 0 aromatic heterocycles. The summed E-state index contributed by atoms with van der Waals surface area (Å²) in [5.74, 6) is 0. The highest BCUT2D eigenvalue weighted by molar-refractivity contribution is 5.19. The van der Waals surface area contributed by atoms with E-state index in [0.29, 0.717) is 19.5 Å². The molecule has 0 amide bonds. The average molecular weight is 361 g/mol. The molecule has 27 heavy (non-hydrogen) atoms. The van der Waals surface area contributed by atoms with E-state index in [9.17, 15) is 10.2 Å². The minimum Gasteiger partial charge on any atom is -0.388 e. The molecule has 0 aliphatic rings. The second-order valence-corrected chi connectivity index (χ2v) is 6.86. The van der Waals surface area contributed by atoms with E-state index in [2.05, 4.69) is 17.0 Å². The summed E-state index contributed by atoms with van der Waals surface area (Å²) in [5, 5.41) is 21.1. The molecule has 0 heterocycles. The molecule has 0 aliphatic carbocycles. The summed E-state index contributed by atoms with van der Waals surface area (Å²) in [4.78, 5) is 2.21. The maximum atomic E-state index is 10.6. The Kier molecular flexibility index (Phi) is 7.17. The fourth-order valence-electron chi connectivity index (χ4n) is 3.25. The van der Waals surface area contributed by atoms with Gasteiger partial charge in [0.1, 0.15) is 0 Å². The highest BCUT2D eigenvalue weighted by Gasteiger charge is 2.16. The largest absolute Gasteiger partial charge is 0.388 e. The van der Waals surface area contributed by atoms with Crippen LogP contribution >= 0.6 is 0 Å². The Morgan fingerprint density at radius 1 is 0.630 bits per heavy atom. The summed E-state index contributed by atoms with van der Waals surface area (Å²) in [6.07, 6.45) is -0.430. The van der Waals surface area contributed by atoms with Crippen LogP contribution in [-0.2, 0) is 6.54 Å². The van der Waals surface area contributed by atoms with Crippen molar-refractivity contribution in [3.63, 3.8) is 0 Å². The maximum Gasteiger partial charge on any atom is 0.0917 e. The van der Waals surface area contributed by atoms with Crippen molar-refractivity contribution in [2.24, 2.45) is 0 Å². The van der Waals surface area contributed by atoms with E-state index in [1.165, 1.54) is 5.56 Å². The monoisotopic (exact) mass is 361 g/mol. The van der Waals surface area contributed by atoms with Crippen molar-refractivity contribution in [3.05, 3.63) is 108 Å². The molecule has 0 saturated carbocycles. The van der Waals surface area contributed by atoms with Gasteiger partial charge < -0.3 is 10.2 Å². The van der Waals surface area contributed by atoms with Gasteiger partial charge in [-0.05, 0) is 23.1 Å². The third-order valence-electron chi connectivity index (χ3n) is 4.77. The normalized spacial score (nSPS) is 13.4. The molecule has 0 unspecified atom stereocenters. The van der Waals surface area contributed by atoms with E-state index in [1.54, 1.807) is 0 Å². The van der Waals surface area contributed by atoms with Crippen LogP contribution in [0.3, 0.4) is 0 Å². The van der Waals surface area contributed by atoms with Crippen molar-refractivity contribution in [3.8, 4) is 0 Å². The van der Waals surface area contributed by atoms with Gasteiger partial charge in [0.2, 0.25) is 0 Å². The summed E-state index contributed by atoms with van der Waals surface area (Å²) >= 11 is 0. The minimum atomic E-state index is -0.552. The quantitative estimate of drug-likeness (QED) is 0.596. The molecule has 140 valence electrons. The zero-order valence-electron chi connectivity index (χ0n) is 15.5. The van der Waals surface area contributed by atoms with Gasteiger partial charge in [-0.25, -0.2) is 0 Å². The number of nitrogens with zero attached hydrogens (tertiary/aromatic N) is 1. The Labute approximate surface area is 161 Å². The molecule has 0 fully saturated rings. The van der Waals surface area contributed by atoms with Gasteiger partial charge in [-0.3, -0.25) is 4.90 Å². The molecule has 0 radical (unpaired) electrons. The molecule has 2 atom stereocenters. The van der Waals surface area contributed by atoms with Crippen molar-refractivity contribution in [1.29, 1.82) is 0 Å². The van der Waals surface area contributed by atoms with E-state index in [0.717, 1.165) is 17.7 Å². The first-order valence-electron chi connectivity index (χ1n) is 9.44. The van der Waals surface area contributed by atoms with Crippen LogP contribution in [0.1, 0.15) is 35.3 Å². The SMILES string of the molecule is O[C@H](CN(CC[C@H](O)c1ccccc1)Cc1ccccc1)c1ccccc1. The Bertz CT molecular complexity index is 777. The fraction of sp³-hybridized carbons (Fsp3) is 0.250. The van der Waals surface area contributed by atoms with Crippen LogP contribution in [0, 0.1) is 0 Å². The van der Waals surface area contributed by atoms with Gasteiger partial charge >= 0.3 is 0 Å². The van der Waals surface area contributed by atoms with Crippen LogP contribution in [0.4, 0.5) is 0 Å². The van der Waals surface area contributed by atoms with E-state index in [1.807, 2.05) is 78.9 Å². The van der Waals surface area contributed by atoms with Crippen LogP contribution in [0.25, 0.3) is 0 Å². The van der Waals surface area contributed by atoms with E-state index < -0.39 is 12.2 Å². The average Bonchev–Trinajstić information content (AvgIpc) is 2.73. The lowest BCUT2D eigenvalue weighted by atomic mass is 10.1. The smallest absolute Gasteiger partial charge is 0.0917 e. The number of aliphatic hydroxyl groups excluding tert-OH is 2. The molecule has 3 aromatic carbocycles. The molecule has 0 bridgehead atoms. The van der Waals surface area contributed by atoms with Crippen LogP contribution in [0.15, 0.2) is 91.0 Å². The van der Waals surface area contributed by atoms with Crippen molar-refractivity contribution in [2.45, 2.75) is 25.2 Å². The zero-order chi connectivity index (χ0) is 18.9. The summed E-state index contributed by atoms with van der Waals surface area (Å²) in [6, 6.07) is 29.7. The van der Waals surface area contributed by atoms with Gasteiger partial charge in [-0.15, -0.1) is 0 Å². The lowest BCUT2D eigenvalue weighted by Crippen LogP contribution is -2.30. The number of benzene rings is 3. The Morgan fingerprint density at radius 2 is 1.11 bits per heavy atom. The van der Waals surface area contributed by atoms with Gasteiger partial charge in [0, 0.05) is 19.6 Å². The van der Waals surface area contributed by atoms with Crippen molar-refractivity contribution < 1.29 is 10.2 Å². The molecule has 2 N–H and O–H groups in total. The predicted octanol–water partition coefficient (Wildman–Crippen LogP) is 4.35.